The van der Waals surface area contributed by atoms with E-state index in [4.69, 9.17) is 5.73 Å². The topological polar surface area (TPSA) is 26.0 Å². The van der Waals surface area contributed by atoms with Crippen LogP contribution < -0.4 is 5.73 Å². The first-order valence-electron chi connectivity index (χ1n) is 3.49. The Labute approximate surface area is 79.2 Å². The number of halogens is 3. The van der Waals surface area contributed by atoms with Crippen molar-refractivity contribution in [1.82, 2.24) is 0 Å². The molecule has 0 fully saturated rings. The summed E-state index contributed by atoms with van der Waals surface area (Å²) in [5.74, 6) is 0. The van der Waals surface area contributed by atoms with Gasteiger partial charge in [-0.3, -0.25) is 0 Å². The van der Waals surface area contributed by atoms with Crippen molar-refractivity contribution in [3.8, 4) is 0 Å². The van der Waals surface area contributed by atoms with Gasteiger partial charge in [-0.2, -0.15) is 13.2 Å². The molecule has 0 heterocycles. The molecule has 0 spiro atoms. The first kappa shape index (κ1) is 10.2. The van der Waals surface area contributed by atoms with E-state index in [0.29, 0.717) is 5.56 Å². The van der Waals surface area contributed by atoms with Crippen molar-refractivity contribution in [3.63, 3.8) is 0 Å². The third kappa shape index (κ3) is 1.91. The number of hydrogen-bond acceptors (Lipinski definition) is 2. The van der Waals surface area contributed by atoms with Crippen LogP contribution in [0, 0.1) is 6.92 Å². The number of aryl methyl sites for hydroxylation is 1. The van der Waals surface area contributed by atoms with E-state index >= 15 is 0 Å². The molecule has 0 aliphatic carbocycles. The van der Waals surface area contributed by atoms with Gasteiger partial charge in [-0.15, -0.1) is 12.6 Å². The standard InChI is InChI=1S/C8H8F3NS/c1-4-2-3-5(8(9,10)11)7(13)6(4)12/h2-3,13H,12H2,1H3. The number of anilines is 1. The largest absolute Gasteiger partial charge is 0.417 e. The number of nitrogen functional groups attached to an aromatic ring is 1. The van der Waals surface area contributed by atoms with E-state index in [1.54, 1.807) is 6.92 Å². The van der Waals surface area contributed by atoms with Gasteiger partial charge in [-0.25, -0.2) is 0 Å². The molecule has 2 N–H and O–H groups in total. The highest BCUT2D eigenvalue weighted by Gasteiger charge is 2.33. The minimum atomic E-state index is -4.39. The maximum atomic E-state index is 12.3. The zero-order valence-electron chi connectivity index (χ0n) is 6.81. The first-order valence-corrected chi connectivity index (χ1v) is 3.94. The Kier molecular flexibility index (Phi) is 2.47. The molecule has 0 aliphatic heterocycles. The highest BCUT2D eigenvalue weighted by atomic mass is 32.1. The molecule has 1 nitrogen and oxygen atoms in total. The van der Waals surface area contributed by atoms with Gasteiger partial charge in [0, 0.05) is 10.6 Å². The van der Waals surface area contributed by atoms with Crippen molar-refractivity contribution in [1.29, 1.82) is 0 Å². The van der Waals surface area contributed by atoms with Crippen LogP contribution in [-0.2, 0) is 6.18 Å². The molecule has 0 bridgehead atoms. The van der Waals surface area contributed by atoms with Gasteiger partial charge in [0.25, 0.3) is 0 Å². The van der Waals surface area contributed by atoms with Crippen molar-refractivity contribution < 1.29 is 13.2 Å². The van der Waals surface area contributed by atoms with Crippen LogP contribution in [0.2, 0.25) is 0 Å². The van der Waals surface area contributed by atoms with Gasteiger partial charge in [0.15, 0.2) is 0 Å². The van der Waals surface area contributed by atoms with Crippen LogP contribution in [0.5, 0.6) is 0 Å². The number of nitrogens with two attached hydrogens (primary N) is 1. The summed E-state index contributed by atoms with van der Waals surface area (Å²) in [5.41, 5.74) is 5.29. The number of rotatable bonds is 0. The lowest BCUT2D eigenvalue weighted by molar-refractivity contribution is -0.139. The second kappa shape index (κ2) is 3.14. The summed E-state index contributed by atoms with van der Waals surface area (Å²) in [6.07, 6.45) is -4.39. The summed E-state index contributed by atoms with van der Waals surface area (Å²) in [6, 6.07) is 2.31. The molecule has 0 atom stereocenters. The number of benzene rings is 1. The Bertz CT molecular complexity index is 333. The van der Waals surface area contributed by atoms with Gasteiger partial charge in [0.05, 0.1) is 5.56 Å². The van der Waals surface area contributed by atoms with Crippen LogP contribution in [-0.4, -0.2) is 0 Å². The third-order valence-electron chi connectivity index (χ3n) is 1.74. The summed E-state index contributed by atoms with van der Waals surface area (Å²) < 4.78 is 36.8. The Morgan fingerprint density at radius 2 is 1.85 bits per heavy atom. The Balaban J connectivity index is 3.35. The van der Waals surface area contributed by atoms with E-state index in [0.717, 1.165) is 6.07 Å². The predicted octanol–water partition coefficient (Wildman–Crippen LogP) is 2.88. The van der Waals surface area contributed by atoms with E-state index in [9.17, 15) is 13.2 Å². The van der Waals surface area contributed by atoms with Crippen LogP contribution in [0.1, 0.15) is 11.1 Å². The Morgan fingerprint density at radius 3 is 2.31 bits per heavy atom. The maximum absolute atomic E-state index is 12.3. The number of hydrogen-bond donors (Lipinski definition) is 2. The number of alkyl halides is 3. The van der Waals surface area contributed by atoms with Crippen LogP contribution in [0.4, 0.5) is 18.9 Å². The molecular formula is C8H8F3NS. The maximum Gasteiger partial charge on any atom is 0.417 e. The lowest BCUT2D eigenvalue weighted by Gasteiger charge is -2.12. The second-order valence-electron chi connectivity index (χ2n) is 2.69. The van der Waals surface area contributed by atoms with Crippen molar-refractivity contribution in [2.24, 2.45) is 0 Å². The highest BCUT2D eigenvalue weighted by molar-refractivity contribution is 7.80. The molecule has 1 rings (SSSR count). The monoisotopic (exact) mass is 207 g/mol. The van der Waals surface area contributed by atoms with Gasteiger partial charge < -0.3 is 5.73 Å². The van der Waals surface area contributed by atoms with Gasteiger partial charge in [0.2, 0.25) is 0 Å². The molecule has 72 valence electrons. The van der Waals surface area contributed by atoms with E-state index in [1.165, 1.54) is 6.07 Å². The molecule has 0 saturated heterocycles. The van der Waals surface area contributed by atoms with Gasteiger partial charge in [0.1, 0.15) is 0 Å². The average molecular weight is 207 g/mol. The molecule has 0 unspecified atom stereocenters. The van der Waals surface area contributed by atoms with Gasteiger partial charge in [-0.05, 0) is 18.6 Å². The van der Waals surface area contributed by atoms with E-state index < -0.39 is 11.7 Å². The predicted molar refractivity (Wildman–Crippen MR) is 47.8 cm³/mol. The van der Waals surface area contributed by atoms with E-state index in [-0.39, 0.29) is 10.6 Å². The normalized spacial score (nSPS) is 11.8. The zero-order chi connectivity index (χ0) is 10.2. The summed E-state index contributed by atoms with van der Waals surface area (Å²) in [5, 5.41) is 0. The summed E-state index contributed by atoms with van der Waals surface area (Å²) in [7, 11) is 0. The molecule has 0 aromatic heterocycles. The van der Waals surface area contributed by atoms with Crippen molar-refractivity contribution in [2.45, 2.75) is 18.0 Å². The average Bonchev–Trinajstić information content (AvgIpc) is 1.98. The quantitative estimate of drug-likeness (QED) is 0.496. The first-order chi connectivity index (χ1) is 5.84. The van der Waals surface area contributed by atoms with Gasteiger partial charge >= 0.3 is 6.18 Å². The molecule has 5 heteroatoms. The third-order valence-corrected chi connectivity index (χ3v) is 2.22. The fourth-order valence-corrected chi connectivity index (χ4v) is 1.32. The minimum Gasteiger partial charge on any atom is -0.398 e. The smallest absolute Gasteiger partial charge is 0.398 e. The Morgan fingerprint density at radius 1 is 1.31 bits per heavy atom. The fraction of sp³-hybridized carbons (Fsp3) is 0.250. The van der Waals surface area contributed by atoms with Crippen LogP contribution in [0.25, 0.3) is 0 Å². The van der Waals surface area contributed by atoms with Crippen LogP contribution in [0.15, 0.2) is 17.0 Å². The highest BCUT2D eigenvalue weighted by Crippen LogP contribution is 2.37. The number of thiol groups is 1. The fourth-order valence-electron chi connectivity index (χ4n) is 0.938. The van der Waals surface area contributed by atoms with Crippen LogP contribution >= 0.6 is 12.6 Å². The summed E-state index contributed by atoms with van der Waals surface area (Å²) in [4.78, 5) is -0.201. The molecule has 0 aliphatic rings. The van der Waals surface area contributed by atoms with Crippen molar-refractivity contribution >= 4 is 18.3 Å². The molecule has 0 radical (unpaired) electrons. The summed E-state index contributed by atoms with van der Waals surface area (Å²) in [6.45, 7) is 1.63. The minimum absolute atomic E-state index is 0.0816. The van der Waals surface area contributed by atoms with E-state index in [1.807, 2.05) is 0 Å². The van der Waals surface area contributed by atoms with Crippen molar-refractivity contribution in [3.05, 3.63) is 23.3 Å². The Hall–Kier alpha value is -0.840. The lowest BCUT2D eigenvalue weighted by atomic mass is 10.1. The van der Waals surface area contributed by atoms with Crippen molar-refractivity contribution in [2.75, 3.05) is 5.73 Å². The molecular weight excluding hydrogens is 199 g/mol. The molecule has 1 aromatic rings. The molecule has 1 aromatic carbocycles. The zero-order valence-corrected chi connectivity index (χ0v) is 7.71. The second-order valence-corrected chi connectivity index (χ2v) is 3.14. The molecule has 13 heavy (non-hydrogen) atoms. The molecule has 0 amide bonds. The van der Waals surface area contributed by atoms with Crippen LogP contribution in [0.3, 0.4) is 0 Å². The summed E-state index contributed by atoms with van der Waals surface area (Å²) >= 11 is 3.73. The van der Waals surface area contributed by atoms with E-state index in [2.05, 4.69) is 12.6 Å². The molecule has 0 saturated carbocycles. The van der Waals surface area contributed by atoms with Gasteiger partial charge in [-0.1, -0.05) is 6.07 Å². The lowest BCUT2D eigenvalue weighted by Crippen LogP contribution is -2.08. The SMILES string of the molecule is Cc1ccc(C(F)(F)F)c(S)c1N.